The average molecular weight is 242 g/mol. The molecule has 4 heteroatoms. The van der Waals surface area contributed by atoms with Crippen molar-refractivity contribution in [3.05, 3.63) is 34.9 Å². The van der Waals surface area contributed by atoms with Crippen LogP contribution in [-0.4, -0.2) is 25.7 Å². The largest absolute Gasteiger partial charge is 0.465 e. The fourth-order valence-electron chi connectivity index (χ4n) is 1.40. The fraction of sp³-hybridized carbons (Fsp3) is 0.417. The van der Waals surface area contributed by atoms with Gasteiger partial charge in [0.1, 0.15) is 6.04 Å². The third-order valence-electron chi connectivity index (χ3n) is 2.27. The van der Waals surface area contributed by atoms with Crippen LogP contribution in [0.5, 0.6) is 0 Å². The van der Waals surface area contributed by atoms with Crippen LogP contribution in [0, 0.1) is 0 Å². The number of esters is 1. The third kappa shape index (κ3) is 3.83. The van der Waals surface area contributed by atoms with Gasteiger partial charge in [-0.1, -0.05) is 23.7 Å². The molecule has 0 aliphatic heterocycles. The summed E-state index contributed by atoms with van der Waals surface area (Å²) >= 11 is 5.79. The Bertz CT molecular complexity index is 337. The molecule has 1 atom stereocenters. The normalized spacial score (nSPS) is 12.2. The molecule has 1 aromatic carbocycles. The van der Waals surface area contributed by atoms with Crippen molar-refractivity contribution in [2.75, 3.05) is 13.7 Å². The van der Waals surface area contributed by atoms with Crippen molar-refractivity contribution in [1.82, 2.24) is 5.32 Å². The molecule has 88 valence electrons. The zero-order valence-electron chi connectivity index (χ0n) is 9.50. The fourth-order valence-corrected chi connectivity index (χ4v) is 1.53. The van der Waals surface area contributed by atoms with Crippen LogP contribution in [0.2, 0.25) is 5.02 Å². The van der Waals surface area contributed by atoms with Crippen molar-refractivity contribution in [3.8, 4) is 0 Å². The number of likely N-dealkylation sites (N-methyl/N-ethyl adjacent to an activating group) is 1. The minimum absolute atomic E-state index is 0.222. The van der Waals surface area contributed by atoms with Gasteiger partial charge in [0.25, 0.3) is 0 Å². The Morgan fingerprint density at radius 3 is 2.56 bits per heavy atom. The van der Waals surface area contributed by atoms with Gasteiger partial charge in [0, 0.05) is 5.02 Å². The van der Waals surface area contributed by atoms with E-state index >= 15 is 0 Å². The number of hydrogen-bond donors (Lipinski definition) is 1. The predicted molar refractivity (Wildman–Crippen MR) is 64.6 cm³/mol. The molecular formula is C12H16ClNO2. The Hall–Kier alpha value is -1.06. The SMILES string of the molecule is CCOC(=O)[C@@H](Cc1ccc(Cl)cc1)NC. The van der Waals surface area contributed by atoms with Gasteiger partial charge in [0.15, 0.2) is 0 Å². The molecule has 0 aliphatic carbocycles. The molecule has 0 saturated heterocycles. The molecule has 0 heterocycles. The smallest absolute Gasteiger partial charge is 0.323 e. The van der Waals surface area contributed by atoms with E-state index in [1.54, 1.807) is 14.0 Å². The van der Waals surface area contributed by atoms with Crippen molar-refractivity contribution < 1.29 is 9.53 Å². The first-order chi connectivity index (χ1) is 7.67. The molecule has 3 nitrogen and oxygen atoms in total. The molecule has 1 aromatic rings. The van der Waals surface area contributed by atoms with Crippen molar-refractivity contribution in [1.29, 1.82) is 0 Å². The summed E-state index contributed by atoms with van der Waals surface area (Å²) in [6.07, 6.45) is 0.604. The van der Waals surface area contributed by atoms with E-state index in [0.717, 1.165) is 5.56 Å². The summed E-state index contributed by atoms with van der Waals surface area (Å²) in [5, 5.41) is 3.64. The maximum absolute atomic E-state index is 11.5. The molecule has 16 heavy (non-hydrogen) atoms. The van der Waals surface area contributed by atoms with Gasteiger partial charge in [-0.25, -0.2) is 0 Å². The van der Waals surface area contributed by atoms with Gasteiger partial charge in [-0.15, -0.1) is 0 Å². The van der Waals surface area contributed by atoms with E-state index in [1.807, 2.05) is 24.3 Å². The number of benzene rings is 1. The molecule has 0 fully saturated rings. The highest BCUT2D eigenvalue weighted by Crippen LogP contribution is 2.11. The number of ether oxygens (including phenoxy) is 1. The molecular weight excluding hydrogens is 226 g/mol. The molecule has 1 rings (SSSR count). The standard InChI is InChI=1S/C12H16ClNO2/c1-3-16-12(15)11(14-2)8-9-4-6-10(13)7-5-9/h4-7,11,14H,3,8H2,1-2H3/t11-/m1/s1. The monoisotopic (exact) mass is 241 g/mol. The Balaban J connectivity index is 2.62. The lowest BCUT2D eigenvalue weighted by Gasteiger charge is -2.14. The van der Waals surface area contributed by atoms with Crippen LogP contribution >= 0.6 is 11.6 Å². The lowest BCUT2D eigenvalue weighted by Crippen LogP contribution is -2.37. The maximum atomic E-state index is 11.5. The van der Waals surface area contributed by atoms with Gasteiger partial charge < -0.3 is 10.1 Å². The van der Waals surface area contributed by atoms with Crippen molar-refractivity contribution >= 4 is 17.6 Å². The van der Waals surface area contributed by atoms with E-state index < -0.39 is 0 Å². The lowest BCUT2D eigenvalue weighted by molar-refractivity contribution is -0.145. The van der Waals surface area contributed by atoms with Gasteiger partial charge in [-0.3, -0.25) is 4.79 Å². The van der Waals surface area contributed by atoms with Crippen molar-refractivity contribution in [3.63, 3.8) is 0 Å². The van der Waals surface area contributed by atoms with Gasteiger partial charge >= 0.3 is 5.97 Å². The summed E-state index contributed by atoms with van der Waals surface area (Å²) < 4.78 is 4.96. The first kappa shape index (κ1) is 13.0. The number of carbonyl (C=O) groups excluding carboxylic acids is 1. The van der Waals surface area contributed by atoms with Crippen LogP contribution < -0.4 is 5.32 Å². The number of hydrogen-bond acceptors (Lipinski definition) is 3. The molecule has 0 bridgehead atoms. The molecule has 1 N–H and O–H groups in total. The summed E-state index contributed by atoms with van der Waals surface area (Å²) in [6, 6.07) is 7.14. The zero-order chi connectivity index (χ0) is 12.0. The molecule has 0 aliphatic rings. The molecule has 0 unspecified atom stereocenters. The van der Waals surface area contributed by atoms with Gasteiger partial charge in [-0.05, 0) is 38.1 Å². The highest BCUT2D eigenvalue weighted by molar-refractivity contribution is 6.30. The molecule has 0 radical (unpaired) electrons. The van der Waals surface area contributed by atoms with Crippen LogP contribution in [0.3, 0.4) is 0 Å². The van der Waals surface area contributed by atoms with Crippen molar-refractivity contribution in [2.45, 2.75) is 19.4 Å². The van der Waals surface area contributed by atoms with E-state index in [-0.39, 0.29) is 12.0 Å². The molecule has 0 spiro atoms. The second kappa shape index (κ2) is 6.51. The number of halogens is 1. The van der Waals surface area contributed by atoms with Crippen LogP contribution in [0.15, 0.2) is 24.3 Å². The topological polar surface area (TPSA) is 38.3 Å². The van der Waals surface area contributed by atoms with E-state index in [0.29, 0.717) is 18.1 Å². The summed E-state index contributed by atoms with van der Waals surface area (Å²) in [4.78, 5) is 11.5. The van der Waals surface area contributed by atoms with Crippen LogP contribution in [0.25, 0.3) is 0 Å². The molecule has 0 amide bonds. The van der Waals surface area contributed by atoms with Gasteiger partial charge in [-0.2, -0.15) is 0 Å². The number of carbonyl (C=O) groups is 1. The Labute approximate surface area is 101 Å². The Morgan fingerprint density at radius 2 is 2.06 bits per heavy atom. The first-order valence-corrected chi connectivity index (χ1v) is 5.63. The average Bonchev–Trinajstić information content (AvgIpc) is 2.28. The van der Waals surface area contributed by atoms with Gasteiger partial charge in [0.05, 0.1) is 6.61 Å². The Kier molecular flexibility index (Phi) is 5.29. The second-order valence-corrected chi connectivity index (χ2v) is 3.86. The van der Waals surface area contributed by atoms with Crippen molar-refractivity contribution in [2.24, 2.45) is 0 Å². The predicted octanol–water partition coefficient (Wildman–Crippen LogP) is 2.03. The number of nitrogens with one attached hydrogen (secondary N) is 1. The summed E-state index contributed by atoms with van der Waals surface area (Å²) in [7, 11) is 1.75. The zero-order valence-corrected chi connectivity index (χ0v) is 10.3. The maximum Gasteiger partial charge on any atom is 0.323 e. The number of rotatable bonds is 5. The molecule has 0 aromatic heterocycles. The van der Waals surface area contributed by atoms with Gasteiger partial charge in [0.2, 0.25) is 0 Å². The van der Waals surface area contributed by atoms with E-state index in [1.165, 1.54) is 0 Å². The highest BCUT2D eigenvalue weighted by Gasteiger charge is 2.17. The van der Waals surface area contributed by atoms with E-state index in [9.17, 15) is 4.79 Å². The van der Waals surface area contributed by atoms with Crippen LogP contribution in [-0.2, 0) is 16.0 Å². The minimum atomic E-state index is -0.305. The van der Waals surface area contributed by atoms with E-state index in [2.05, 4.69) is 5.32 Å². The highest BCUT2D eigenvalue weighted by atomic mass is 35.5. The quantitative estimate of drug-likeness (QED) is 0.802. The molecule has 0 saturated carbocycles. The third-order valence-corrected chi connectivity index (χ3v) is 2.52. The summed E-state index contributed by atoms with van der Waals surface area (Å²) in [5.41, 5.74) is 1.05. The first-order valence-electron chi connectivity index (χ1n) is 5.25. The summed E-state index contributed by atoms with van der Waals surface area (Å²) in [6.45, 7) is 2.20. The summed E-state index contributed by atoms with van der Waals surface area (Å²) in [5.74, 6) is -0.222. The lowest BCUT2D eigenvalue weighted by atomic mass is 10.1. The van der Waals surface area contributed by atoms with Crippen LogP contribution in [0.4, 0.5) is 0 Å². The minimum Gasteiger partial charge on any atom is -0.465 e. The van der Waals surface area contributed by atoms with E-state index in [4.69, 9.17) is 16.3 Å². The second-order valence-electron chi connectivity index (χ2n) is 3.42. The van der Waals surface area contributed by atoms with Crippen LogP contribution in [0.1, 0.15) is 12.5 Å². The Morgan fingerprint density at radius 1 is 1.44 bits per heavy atom.